The van der Waals surface area contributed by atoms with Crippen LogP contribution in [0.3, 0.4) is 0 Å². The Bertz CT molecular complexity index is 962. The number of nitrogens with one attached hydrogen (secondary N) is 1. The summed E-state index contributed by atoms with van der Waals surface area (Å²) in [6.45, 7) is 3.74. The summed E-state index contributed by atoms with van der Waals surface area (Å²) >= 11 is 0. The van der Waals surface area contributed by atoms with Gasteiger partial charge >= 0.3 is 0 Å². The summed E-state index contributed by atoms with van der Waals surface area (Å²) < 4.78 is 46.9. The van der Waals surface area contributed by atoms with E-state index in [1.807, 2.05) is 6.92 Å². The van der Waals surface area contributed by atoms with Crippen LogP contribution in [0.15, 0.2) is 47.4 Å². The number of carbonyl (C=O) groups is 1. The Labute approximate surface area is 158 Å². The number of hydrogen-bond acceptors (Lipinski definition) is 4. The molecular weight excluding hydrogens is 371 g/mol. The minimum Gasteiger partial charge on any atom is -0.476 e. The average molecular weight is 392 g/mol. The van der Waals surface area contributed by atoms with Gasteiger partial charge in [0.1, 0.15) is 11.6 Å². The number of anilines is 1. The van der Waals surface area contributed by atoms with E-state index < -0.39 is 21.9 Å². The Balaban J connectivity index is 2.01. The lowest BCUT2D eigenvalue weighted by Crippen LogP contribution is -2.50. The fraction of sp³-hybridized carbons (Fsp3) is 0.316. The summed E-state index contributed by atoms with van der Waals surface area (Å²) in [4.78, 5) is 12.3. The van der Waals surface area contributed by atoms with Gasteiger partial charge in [-0.15, -0.1) is 0 Å². The lowest BCUT2D eigenvalue weighted by molar-refractivity contribution is -0.127. The van der Waals surface area contributed by atoms with E-state index in [-0.39, 0.29) is 22.9 Å². The standard InChI is InChI=1S/C19H21FN2O4S/c1-3-10-21-19(23)18-12-22(16-6-4-5-7-17(16)26-18)27(24,25)14-8-9-15(20)13(2)11-14/h4-9,11,18H,3,10,12H2,1-2H3,(H,21,23). The van der Waals surface area contributed by atoms with Crippen molar-refractivity contribution in [2.24, 2.45) is 0 Å². The van der Waals surface area contributed by atoms with Crippen LogP contribution in [0, 0.1) is 12.7 Å². The van der Waals surface area contributed by atoms with Gasteiger partial charge in [-0.1, -0.05) is 19.1 Å². The lowest BCUT2D eigenvalue weighted by atomic mass is 10.2. The van der Waals surface area contributed by atoms with Crippen molar-refractivity contribution in [3.05, 3.63) is 53.8 Å². The van der Waals surface area contributed by atoms with Crippen molar-refractivity contribution in [1.82, 2.24) is 5.32 Å². The van der Waals surface area contributed by atoms with Gasteiger partial charge in [-0.3, -0.25) is 9.10 Å². The quantitative estimate of drug-likeness (QED) is 0.849. The molecule has 1 aliphatic heterocycles. The zero-order valence-corrected chi connectivity index (χ0v) is 15.9. The first-order valence-electron chi connectivity index (χ1n) is 8.67. The molecule has 1 heterocycles. The molecule has 8 heteroatoms. The van der Waals surface area contributed by atoms with Crippen LogP contribution in [0.5, 0.6) is 5.75 Å². The molecule has 3 rings (SSSR count). The Morgan fingerprint density at radius 2 is 2.04 bits per heavy atom. The molecule has 0 aromatic heterocycles. The monoisotopic (exact) mass is 392 g/mol. The molecule has 1 unspecified atom stereocenters. The number of ether oxygens (including phenoxy) is 1. The molecule has 1 amide bonds. The number of halogens is 1. The Morgan fingerprint density at radius 3 is 2.74 bits per heavy atom. The molecule has 1 aliphatic rings. The van der Waals surface area contributed by atoms with Crippen molar-refractivity contribution in [2.45, 2.75) is 31.3 Å². The fourth-order valence-corrected chi connectivity index (χ4v) is 4.39. The van der Waals surface area contributed by atoms with Crippen LogP contribution in [0.25, 0.3) is 0 Å². The first-order valence-corrected chi connectivity index (χ1v) is 10.1. The van der Waals surface area contributed by atoms with Gasteiger partial charge in [0.05, 0.1) is 17.1 Å². The molecule has 2 aromatic rings. The van der Waals surface area contributed by atoms with E-state index in [1.54, 1.807) is 24.3 Å². The SMILES string of the molecule is CCCNC(=O)C1CN(S(=O)(=O)c2ccc(F)c(C)c2)c2ccccc2O1. The number of benzene rings is 2. The van der Waals surface area contributed by atoms with Gasteiger partial charge in [-0.2, -0.15) is 0 Å². The van der Waals surface area contributed by atoms with E-state index in [4.69, 9.17) is 4.74 Å². The van der Waals surface area contributed by atoms with Crippen molar-refractivity contribution < 1.29 is 22.3 Å². The molecule has 2 aromatic carbocycles. The molecule has 0 aliphatic carbocycles. The number of para-hydroxylation sites is 2. The largest absolute Gasteiger partial charge is 0.476 e. The van der Waals surface area contributed by atoms with Gasteiger partial charge in [0.2, 0.25) is 0 Å². The first kappa shape index (κ1) is 19.2. The maximum atomic E-state index is 13.6. The van der Waals surface area contributed by atoms with Crippen LogP contribution < -0.4 is 14.4 Å². The highest BCUT2D eigenvalue weighted by atomic mass is 32.2. The molecule has 0 radical (unpaired) electrons. The molecule has 27 heavy (non-hydrogen) atoms. The van der Waals surface area contributed by atoms with Gasteiger partial charge < -0.3 is 10.1 Å². The minimum absolute atomic E-state index is 0.0363. The van der Waals surface area contributed by atoms with Crippen molar-refractivity contribution in [3.63, 3.8) is 0 Å². The van der Waals surface area contributed by atoms with E-state index in [0.717, 1.165) is 16.8 Å². The highest BCUT2D eigenvalue weighted by Crippen LogP contribution is 2.37. The predicted octanol–water partition coefficient (Wildman–Crippen LogP) is 2.62. The van der Waals surface area contributed by atoms with Crippen LogP contribution in [0.4, 0.5) is 10.1 Å². The van der Waals surface area contributed by atoms with Gasteiger partial charge in [-0.05, 0) is 49.2 Å². The van der Waals surface area contributed by atoms with Crippen molar-refractivity contribution in [2.75, 3.05) is 17.4 Å². The lowest BCUT2D eigenvalue weighted by Gasteiger charge is -2.34. The van der Waals surface area contributed by atoms with Gasteiger partial charge in [0.25, 0.3) is 15.9 Å². The summed E-state index contributed by atoms with van der Waals surface area (Å²) in [6.07, 6.45) is -0.214. The molecule has 6 nitrogen and oxygen atoms in total. The number of rotatable bonds is 5. The van der Waals surface area contributed by atoms with Crippen molar-refractivity contribution >= 4 is 21.6 Å². The number of carbonyl (C=O) groups excluding carboxylic acids is 1. The van der Waals surface area contributed by atoms with E-state index >= 15 is 0 Å². The normalized spacial score (nSPS) is 16.4. The Kier molecular flexibility index (Phi) is 5.36. The molecule has 1 atom stereocenters. The van der Waals surface area contributed by atoms with Crippen molar-refractivity contribution in [1.29, 1.82) is 0 Å². The highest BCUT2D eigenvalue weighted by molar-refractivity contribution is 7.92. The number of amides is 1. The second-order valence-electron chi connectivity index (χ2n) is 6.31. The predicted molar refractivity (Wildman–Crippen MR) is 99.8 cm³/mol. The van der Waals surface area contributed by atoms with Crippen LogP contribution in [-0.2, 0) is 14.8 Å². The number of sulfonamides is 1. The van der Waals surface area contributed by atoms with E-state index in [1.165, 1.54) is 19.1 Å². The smallest absolute Gasteiger partial charge is 0.264 e. The van der Waals surface area contributed by atoms with E-state index in [2.05, 4.69) is 5.32 Å². The van der Waals surface area contributed by atoms with Gasteiger partial charge in [0, 0.05) is 6.54 Å². The maximum Gasteiger partial charge on any atom is 0.264 e. The van der Waals surface area contributed by atoms with Crippen LogP contribution in [0.2, 0.25) is 0 Å². The molecule has 0 saturated carbocycles. The molecule has 0 saturated heterocycles. The van der Waals surface area contributed by atoms with Crippen LogP contribution in [0.1, 0.15) is 18.9 Å². The third kappa shape index (κ3) is 3.75. The third-order valence-electron chi connectivity index (χ3n) is 4.29. The average Bonchev–Trinajstić information content (AvgIpc) is 2.67. The summed E-state index contributed by atoms with van der Waals surface area (Å²) in [7, 11) is -3.99. The number of fused-ring (bicyclic) bond motifs is 1. The molecule has 0 spiro atoms. The molecule has 0 bridgehead atoms. The third-order valence-corrected chi connectivity index (χ3v) is 6.07. The fourth-order valence-electron chi connectivity index (χ4n) is 2.83. The second-order valence-corrected chi connectivity index (χ2v) is 8.17. The van der Waals surface area contributed by atoms with Crippen LogP contribution >= 0.6 is 0 Å². The first-order chi connectivity index (χ1) is 12.8. The summed E-state index contributed by atoms with van der Waals surface area (Å²) in [5.41, 5.74) is 0.578. The van der Waals surface area contributed by atoms with Crippen molar-refractivity contribution in [3.8, 4) is 5.75 Å². The molecule has 1 N–H and O–H groups in total. The second kappa shape index (κ2) is 7.56. The van der Waals surface area contributed by atoms with Crippen LogP contribution in [-0.4, -0.2) is 33.5 Å². The van der Waals surface area contributed by atoms with Gasteiger partial charge in [0.15, 0.2) is 6.10 Å². The highest BCUT2D eigenvalue weighted by Gasteiger charge is 2.37. The molecular formula is C19H21FN2O4S. The number of nitrogens with zero attached hydrogens (tertiary/aromatic N) is 1. The minimum atomic E-state index is -3.99. The van der Waals surface area contributed by atoms with E-state index in [0.29, 0.717) is 18.0 Å². The topological polar surface area (TPSA) is 75.7 Å². The molecule has 144 valence electrons. The molecule has 0 fully saturated rings. The zero-order chi connectivity index (χ0) is 19.6. The zero-order valence-electron chi connectivity index (χ0n) is 15.1. The summed E-state index contributed by atoms with van der Waals surface area (Å²) in [5.74, 6) is -0.544. The Morgan fingerprint density at radius 1 is 1.30 bits per heavy atom. The Hall–Kier alpha value is -2.61. The summed E-state index contributed by atoms with van der Waals surface area (Å²) in [5, 5.41) is 2.73. The number of hydrogen-bond donors (Lipinski definition) is 1. The van der Waals surface area contributed by atoms with Gasteiger partial charge in [-0.25, -0.2) is 12.8 Å². The van der Waals surface area contributed by atoms with E-state index in [9.17, 15) is 17.6 Å². The summed E-state index contributed by atoms with van der Waals surface area (Å²) in [6, 6.07) is 10.3. The number of aryl methyl sites for hydroxylation is 1. The maximum absolute atomic E-state index is 13.6.